The SMILES string of the molecule is CC[C@@H](C)c1nc2ccc(Br)cc2c(=O)n1N=Cc1cc(OC)c(O[C@@H](C)CC)cc1Br. The van der Waals surface area contributed by atoms with Gasteiger partial charge in [0.25, 0.3) is 5.56 Å². The van der Waals surface area contributed by atoms with Gasteiger partial charge in [0.1, 0.15) is 5.82 Å². The number of hydrogen-bond donors (Lipinski definition) is 0. The second kappa shape index (κ2) is 10.6. The van der Waals surface area contributed by atoms with E-state index in [9.17, 15) is 4.79 Å². The Morgan fingerprint density at radius 1 is 1.12 bits per heavy atom. The third kappa shape index (κ3) is 5.23. The molecule has 0 amide bonds. The molecule has 0 unspecified atom stereocenters. The lowest BCUT2D eigenvalue weighted by Gasteiger charge is -2.17. The lowest BCUT2D eigenvalue weighted by molar-refractivity contribution is 0.207. The molecular formula is C24H27Br2N3O3. The average molecular weight is 565 g/mol. The van der Waals surface area contributed by atoms with Crippen molar-refractivity contribution >= 4 is 49.0 Å². The Labute approximate surface area is 204 Å². The monoisotopic (exact) mass is 563 g/mol. The molecular weight excluding hydrogens is 538 g/mol. The number of ether oxygens (including phenoxy) is 2. The number of hydrogen-bond acceptors (Lipinski definition) is 5. The normalized spacial score (nSPS) is 13.5. The molecule has 2 aromatic carbocycles. The second-order valence-electron chi connectivity index (χ2n) is 7.66. The first-order chi connectivity index (χ1) is 15.3. The lowest BCUT2D eigenvalue weighted by atomic mass is 10.1. The van der Waals surface area contributed by atoms with Gasteiger partial charge in [0, 0.05) is 20.4 Å². The van der Waals surface area contributed by atoms with Crippen LogP contribution in [0.15, 0.2) is 49.2 Å². The van der Waals surface area contributed by atoms with Crippen LogP contribution in [0.2, 0.25) is 0 Å². The van der Waals surface area contributed by atoms with E-state index in [1.165, 1.54) is 4.68 Å². The maximum absolute atomic E-state index is 13.3. The van der Waals surface area contributed by atoms with Gasteiger partial charge < -0.3 is 9.47 Å². The quantitative estimate of drug-likeness (QED) is 0.293. The van der Waals surface area contributed by atoms with Crippen LogP contribution in [-0.2, 0) is 0 Å². The van der Waals surface area contributed by atoms with Crippen molar-refractivity contribution in [3.8, 4) is 11.5 Å². The van der Waals surface area contributed by atoms with Gasteiger partial charge in [0.05, 0.1) is 30.3 Å². The summed E-state index contributed by atoms with van der Waals surface area (Å²) in [5, 5.41) is 5.05. The molecule has 0 saturated carbocycles. The Balaban J connectivity index is 2.11. The summed E-state index contributed by atoms with van der Waals surface area (Å²) in [6, 6.07) is 9.20. The third-order valence-electron chi connectivity index (χ3n) is 5.38. The van der Waals surface area contributed by atoms with Gasteiger partial charge >= 0.3 is 0 Å². The summed E-state index contributed by atoms with van der Waals surface area (Å²) in [6.45, 7) is 8.18. The van der Waals surface area contributed by atoms with E-state index in [0.717, 1.165) is 27.4 Å². The number of fused-ring (bicyclic) bond motifs is 1. The number of rotatable bonds is 8. The van der Waals surface area contributed by atoms with Crippen molar-refractivity contribution in [1.29, 1.82) is 0 Å². The molecule has 6 nitrogen and oxygen atoms in total. The molecule has 0 aliphatic heterocycles. The molecule has 0 spiro atoms. The zero-order valence-electron chi connectivity index (χ0n) is 18.9. The van der Waals surface area contributed by atoms with E-state index in [4.69, 9.17) is 14.5 Å². The number of halogens is 2. The third-order valence-corrected chi connectivity index (χ3v) is 6.56. The van der Waals surface area contributed by atoms with Crippen LogP contribution < -0.4 is 15.0 Å². The van der Waals surface area contributed by atoms with E-state index >= 15 is 0 Å². The smallest absolute Gasteiger partial charge is 0.282 e. The van der Waals surface area contributed by atoms with Gasteiger partial charge in [-0.15, -0.1) is 0 Å². The minimum Gasteiger partial charge on any atom is -0.493 e. The summed E-state index contributed by atoms with van der Waals surface area (Å²) in [7, 11) is 1.60. The fourth-order valence-corrected chi connectivity index (χ4v) is 3.89. The maximum Gasteiger partial charge on any atom is 0.282 e. The van der Waals surface area contributed by atoms with Crippen LogP contribution in [-0.4, -0.2) is 29.1 Å². The molecule has 3 rings (SSSR count). The first kappa shape index (κ1) is 24.5. The molecule has 0 radical (unpaired) electrons. The fraction of sp³-hybridized carbons (Fsp3) is 0.375. The lowest BCUT2D eigenvalue weighted by Crippen LogP contribution is -2.23. The summed E-state index contributed by atoms with van der Waals surface area (Å²) in [6.07, 6.45) is 3.42. The van der Waals surface area contributed by atoms with Crippen LogP contribution in [0.25, 0.3) is 10.9 Å². The summed E-state index contributed by atoms with van der Waals surface area (Å²) < 4.78 is 14.5. The first-order valence-electron chi connectivity index (χ1n) is 10.6. The van der Waals surface area contributed by atoms with Gasteiger partial charge in [-0.3, -0.25) is 4.79 Å². The van der Waals surface area contributed by atoms with Crippen molar-refractivity contribution < 1.29 is 9.47 Å². The van der Waals surface area contributed by atoms with E-state index in [1.54, 1.807) is 19.4 Å². The van der Waals surface area contributed by atoms with Gasteiger partial charge in [0.2, 0.25) is 0 Å². The molecule has 3 aromatic rings. The largest absolute Gasteiger partial charge is 0.493 e. The van der Waals surface area contributed by atoms with Crippen LogP contribution >= 0.6 is 31.9 Å². The molecule has 1 heterocycles. The molecule has 170 valence electrons. The van der Waals surface area contributed by atoms with Crippen molar-refractivity contribution in [3.05, 3.63) is 61.0 Å². The van der Waals surface area contributed by atoms with Crippen molar-refractivity contribution in [2.45, 2.75) is 52.6 Å². The second-order valence-corrected chi connectivity index (χ2v) is 9.43. The fourth-order valence-electron chi connectivity index (χ4n) is 3.10. The number of benzene rings is 2. The summed E-state index contributed by atoms with van der Waals surface area (Å²) >= 11 is 7.02. The van der Waals surface area contributed by atoms with Crippen LogP contribution in [0.4, 0.5) is 0 Å². The Bertz CT molecular complexity index is 1210. The molecule has 0 aliphatic rings. The zero-order chi connectivity index (χ0) is 23.4. The summed E-state index contributed by atoms with van der Waals surface area (Å²) in [4.78, 5) is 18.0. The summed E-state index contributed by atoms with van der Waals surface area (Å²) in [5.41, 5.74) is 1.21. The predicted molar refractivity (Wildman–Crippen MR) is 136 cm³/mol. The van der Waals surface area contributed by atoms with Gasteiger partial charge in [-0.25, -0.2) is 4.98 Å². The minimum atomic E-state index is -0.206. The van der Waals surface area contributed by atoms with Gasteiger partial charge in [-0.1, -0.05) is 36.7 Å². The van der Waals surface area contributed by atoms with Crippen molar-refractivity contribution in [2.75, 3.05) is 7.11 Å². The van der Waals surface area contributed by atoms with Crippen LogP contribution in [0.5, 0.6) is 11.5 Å². The molecule has 0 saturated heterocycles. The topological polar surface area (TPSA) is 65.7 Å². The molecule has 0 N–H and O–H groups in total. The van der Waals surface area contributed by atoms with Crippen molar-refractivity contribution in [2.24, 2.45) is 5.10 Å². The number of nitrogens with zero attached hydrogens (tertiary/aromatic N) is 3. The predicted octanol–water partition coefficient (Wildman–Crippen LogP) is 6.50. The van der Waals surface area contributed by atoms with E-state index in [0.29, 0.717) is 28.2 Å². The molecule has 2 atom stereocenters. The molecule has 0 fully saturated rings. The molecule has 8 heteroatoms. The Morgan fingerprint density at radius 2 is 1.88 bits per heavy atom. The Hall–Kier alpha value is -2.19. The highest BCUT2D eigenvalue weighted by atomic mass is 79.9. The molecule has 32 heavy (non-hydrogen) atoms. The van der Waals surface area contributed by atoms with Crippen LogP contribution in [0.1, 0.15) is 57.8 Å². The zero-order valence-corrected chi connectivity index (χ0v) is 22.0. The van der Waals surface area contributed by atoms with E-state index in [1.807, 2.05) is 38.1 Å². The van der Waals surface area contributed by atoms with Gasteiger partial charge in [-0.2, -0.15) is 9.78 Å². The van der Waals surface area contributed by atoms with E-state index in [2.05, 4.69) is 50.8 Å². The Morgan fingerprint density at radius 3 is 2.53 bits per heavy atom. The van der Waals surface area contributed by atoms with Gasteiger partial charge in [-0.05, 0) is 66.0 Å². The maximum atomic E-state index is 13.3. The van der Waals surface area contributed by atoms with Crippen molar-refractivity contribution in [1.82, 2.24) is 9.66 Å². The highest BCUT2D eigenvalue weighted by molar-refractivity contribution is 9.10. The number of methoxy groups -OCH3 is 1. The highest BCUT2D eigenvalue weighted by Gasteiger charge is 2.16. The standard InChI is InChI=1S/C24H27Br2N3O3/c1-6-14(3)23-28-20-9-8-17(25)11-18(20)24(30)29(23)27-13-16-10-21(31-5)22(12-19(16)26)32-15(4)7-2/h8-15H,6-7H2,1-5H3/t14-,15+/m1/s1. The Kier molecular flexibility index (Phi) is 8.11. The summed E-state index contributed by atoms with van der Waals surface area (Å²) in [5.74, 6) is 1.95. The van der Waals surface area contributed by atoms with Crippen LogP contribution in [0, 0.1) is 0 Å². The molecule has 0 aliphatic carbocycles. The van der Waals surface area contributed by atoms with Gasteiger partial charge in [0.15, 0.2) is 11.5 Å². The highest BCUT2D eigenvalue weighted by Crippen LogP contribution is 2.34. The van der Waals surface area contributed by atoms with Crippen LogP contribution in [0.3, 0.4) is 0 Å². The first-order valence-corrected chi connectivity index (χ1v) is 12.2. The number of aromatic nitrogens is 2. The molecule has 1 aromatic heterocycles. The average Bonchev–Trinajstić information content (AvgIpc) is 2.79. The molecule has 0 bridgehead atoms. The van der Waals surface area contributed by atoms with E-state index in [-0.39, 0.29) is 17.6 Å². The minimum absolute atomic E-state index is 0.0648. The van der Waals surface area contributed by atoms with Crippen molar-refractivity contribution in [3.63, 3.8) is 0 Å². The van der Waals surface area contributed by atoms with E-state index < -0.39 is 0 Å².